The van der Waals surface area contributed by atoms with Crippen molar-refractivity contribution in [3.8, 4) is 0 Å². The molecule has 3 aliphatic heterocycles. The number of nitrogens with zero attached hydrogens (tertiary/aromatic N) is 2. The first-order chi connectivity index (χ1) is 8.75. The molecule has 0 aromatic carbocycles. The van der Waals surface area contributed by atoms with Crippen LogP contribution in [0.15, 0.2) is 0 Å². The van der Waals surface area contributed by atoms with Gasteiger partial charge in [-0.3, -0.25) is 9.80 Å². The lowest BCUT2D eigenvalue weighted by Gasteiger charge is -2.49. The van der Waals surface area contributed by atoms with Gasteiger partial charge in [-0.2, -0.15) is 0 Å². The fourth-order valence-corrected chi connectivity index (χ4v) is 4.07. The van der Waals surface area contributed by atoms with Gasteiger partial charge in [-0.1, -0.05) is 13.8 Å². The summed E-state index contributed by atoms with van der Waals surface area (Å²) in [6, 6.07) is 2.27. The van der Waals surface area contributed by atoms with Crippen LogP contribution in [0.4, 0.5) is 0 Å². The SMILES string of the molecule is CC(C)C1CN2CCCC2CN1C1CCCOC1. The van der Waals surface area contributed by atoms with Crippen molar-refractivity contribution in [1.82, 2.24) is 9.80 Å². The van der Waals surface area contributed by atoms with Crippen molar-refractivity contribution in [2.24, 2.45) is 5.92 Å². The maximum Gasteiger partial charge on any atom is 0.0621 e. The molecular formula is C15H28N2O. The number of hydrogen-bond acceptors (Lipinski definition) is 3. The Labute approximate surface area is 111 Å². The minimum absolute atomic E-state index is 0.689. The quantitative estimate of drug-likeness (QED) is 0.747. The van der Waals surface area contributed by atoms with Gasteiger partial charge in [-0.15, -0.1) is 0 Å². The Balaban J connectivity index is 1.71. The highest BCUT2D eigenvalue weighted by atomic mass is 16.5. The van der Waals surface area contributed by atoms with Gasteiger partial charge >= 0.3 is 0 Å². The van der Waals surface area contributed by atoms with Crippen LogP contribution in [-0.2, 0) is 4.74 Å². The van der Waals surface area contributed by atoms with Gasteiger partial charge in [0, 0.05) is 37.8 Å². The molecule has 3 heterocycles. The molecule has 0 aromatic rings. The first-order valence-electron chi connectivity index (χ1n) is 7.83. The number of rotatable bonds is 2. The smallest absolute Gasteiger partial charge is 0.0621 e. The Morgan fingerprint density at radius 3 is 2.61 bits per heavy atom. The Morgan fingerprint density at radius 1 is 1.06 bits per heavy atom. The van der Waals surface area contributed by atoms with Gasteiger partial charge in [0.2, 0.25) is 0 Å². The van der Waals surface area contributed by atoms with E-state index in [2.05, 4.69) is 23.6 Å². The summed E-state index contributed by atoms with van der Waals surface area (Å²) < 4.78 is 5.72. The van der Waals surface area contributed by atoms with Crippen LogP contribution in [-0.4, -0.2) is 60.8 Å². The third kappa shape index (κ3) is 2.45. The largest absolute Gasteiger partial charge is 0.380 e. The van der Waals surface area contributed by atoms with E-state index in [-0.39, 0.29) is 0 Å². The van der Waals surface area contributed by atoms with E-state index in [1.165, 1.54) is 45.3 Å². The summed E-state index contributed by atoms with van der Waals surface area (Å²) in [5.74, 6) is 0.758. The molecule has 3 heteroatoms. The van der Waals surface area contributed by atoms with Gasteiger partial charge in [0.1, 0.15) is 0 Å². The topological polar surface area (TPSA) is 15.7 Å². The van der Waals surface area contributed by atoms with Crippen LogP contribution in [0, 0.1) is 5.92 Å². The lowest BCUT2D eigenvalue weighted by atomic mass is 9.94. The molecule has 3 fully saturated rings. The highest BCUT2D eigenvalue weighted by Crippen LogP contribution is 2.30. The molecule has 3 saturated heterocycles. The molecule has 3 aliphatic rings. The molecule has 0 saturated carbocycles. The molecule has 0 bridgehead atoms. The number of fused-ring (bicyclic) bond motifs is 1. The summed E-state index contributed by atoms with van der Waals surface area (Å²) in [6.07, 6.45) is 5.41. The highest BCUT2D eigenvalue weighted by Gasteiger charge is 2.40. The first-order valence-corrected chi connectivity index (χ1v) is 7.83. The van der Waals surface area contributed by atoms with Crippen molar-refractivity contribution >= 4 is 0 Å². The predicted octanol–water partition coefficient (Wildman–Crippen LogP) is 1.97. The summed E-state index contributed by atoms with van der Waals surface area (Å²) in [4.78, 5) is 5.54. The Kier molecular flexibility index (Phi) is 3.92. The molecule has 3 atom stereocenters. The lowest BCUT2D eigenvalue weighted by molar-refractivity contribution is -0.0503. The summed E-state index contributed by atoms with van der Waals surface area (Å²) in [7, 11) is 0. The standard InChI is InChI=1S/C15H28N2O/c1-12(2)15-10-16-7-3-5-13(16)9-17(15)14-6-4-8-18-11-14/h12-15H,3-11H2,1-2H3. The summed E-state index contributed by atoms with van der Waals surface area (Å²) in [5, 5.41) is 0. The van der Waals surface area contributed by atoms with E-state index >= 15 is 0 Å². The van der Waals surface area contributed by atoms with Crippen LogP contribution in [0.25, 0.3) is 0 Å². The molecule has 18 heavy (non-hydrogen) atoms. The van der Waals surface area contributed by atoms with Crippen LogP contribution in [0.3, 0.4) is 0 Å². The van der Waals surface area contributed by atoms with E-state index in [1.54, 1.807) is 0 Å². The summed E-state index contributed by atoms with van der Waals surface area (Å²) >= 11 is 0. The molecule has 0 radical (unpaired) electrons. The van der Waals surface area contributed by atoms with Gasteiger partial charge < -0.3 is 4.74 Å². The van der Waals surface area contributed by atoms with Crippen LogP contribution >= 0.6 is 0 Å². The van der Waals surface area contributed by atoms with Crippen LogP contribution in [0.1, 0.15) is 39.5 Å². The van der Waals surface area contributed by atoms with E-state index in [9.17, 15) is 0 Å². The average molecular weight is 252 g/mol. The van der Waals surface area contributed by atoms with E-state index in [0.29, 0.717) is 6.04 Å². The molecular weight excluding hydrogens is 224 g/mol. The van der Waals surface area contributed by atoms with Crippen LogP contribution < -0.4 is 0 Å². The Bertz CT molecular complexity index is 276. The number of hydrogen-bond donors (Lipinski definition) is 0. The van der Waals surface area contributed by atoms with Crippen molar-refractivity contribution < 1.29 is 4.74 Å². The molecule has 0 aromatic heterocycles. The highest BCUT2D eigenvalue weighted by molar-refractivity contribution is 4.96. The third-order valence-corrected chi connectivity index (χ3v) is 5.14. The van der Waals surface area contributed by atoms with Crippen molar-refractivity contribution in [2.45, 2.75) is 57.7 Å². The predicted molar refractivity (Wildman–Crippen MR) is 73.8 cm³/mol. The van der Waals surface area contributed by atoms with Crippen molar-refractivity contribution in [3.05, 3.63) is 0 Å². The van der Waals surface area contributed by atoms with E-state index in [0.717, 1.165) is 31.2 Å². The normalized spacial score (nSPS) is 39.2. The second-order valence-corrected chi connectivity index (χ2v) is 6.67. The second-order valence-electron chi connectivity index (χ2n) is 6.67. The van der Waals surface area contributed by atoms with Crippen molar-refractivity contribution in [3.63, 3.8) is 0 Å². The summed E-state index contributed by atoms with van der Waals surface area (Å²) in [6.45, 7) is 10.6. The minimum atomic E-state index is 0.689. The molecule has 0 aliphatic carbocycles. The second kappa shape index (κ2) is 5.48. The molecule has 3 nitrogen and oxygen atoms in total. The molecule has 3 rings (SSSR count). The maximum absolute atomic E-state index is 5.72. The van der Waals surface area contributed by atoms with Crippen molar-refractivity contribution in [1.29, 1.82) is 0 Å². The zero-order valence-corrected chi connectivity index (χ0v) is 12.0. The molecule has 0 amide bonds. The lowest BCUT2D eigenvalue weighted by Crippen LogP contribution is -2.61. The maximum atomic E-state index is 5.72. The van der Waals surface area contributed by atoms with Crippen molar-refractivity contribution in [2.75, 3.05) is 32.8 Å². The fraction of sp³-hybridized carbons (Fsp3) is 1.00. The van der Waals surface area contributed by atoms with Gasteiger partial charge in [0.25, 0.3) is 0 Å². The van der Waals surface area contributed by atoms with E-state index < -0.39 is 0 Å². The Hall–Kier alpha value is -0.120. The van der Waals surface area contributed by atoms with E-state index in [4.69, 9.17) is 4.74 Å². The Morgan fingerprint density at radius 2 is 1.89 bits per heavy atom. The fourth-order valence-electron chi connectivity index (χ4n) is 4.07. The van der Waals surface area contributed by atoms with Gasteiger partial charge in [-0.25, -0.2) is 0 Å². The zero-order valence-electron chi connectivity index (χ0n) is 12.0. The molecule has 3 unspecified atom stereocenters. The summed E-state index contributed by atoms with van der Waals surface area (Å²) in [5.41, 5.74) is 0. The zero-order chi connectivity index (χ0) is 12.5. The number of piperazine rings is 1. The molecule has 0 spiro atoms. The number of ether oxygens (including phenoxy) is 1. The van der Waals surface area contributed by atoms with Crippen LogP contribution in [0.2, 0.25) is 0 Å². The minimum Gasteiger partial charge on any atom is -0.380 e. The van der Waals surface area contributed by atoms with Crippen LogP contribution in [0.5, 0.6) is 0 Å². The van der Waals surface area contributed by atoms with Gasteiger partial charge in [0.15, 0.2) is 0 Å². The third-order valence-electron chi connectivity index (χ3n) is 5.14. The average Bonchev–Trinajstić information content (AvgIpc) is 2.85. The van der Waals surface area contributed by atoms with Gasteiger partial charge in [-0.05, 0) is 38.1 Å². The first kappa shape index (κ1) is 12.9. The molecule has 0 N–H and O–H groups in total. The van der Waals surface area contributed by atoms with E-state index in [1.807, 2.05) is 0 Å². The van der Waals surface area contributed by atoms with Gasteiger partial charge in [0.05, 0.1) is 6.61 Å². The monoisotopic (exact) mass is 252 g/mol. The molecule has 104 valence electrons.